The molecule has 10 rings (SSSR count). The number of hydrogen-bond donors (Lipinski definition) is 0. The van der Waals surface area contributed by atoms with Gasteiger partial charge in [0, 0.05) is 33.4 Å². The van der Waals surface area contributed by atoms with E-state index in [1.165, 1.54) is 0 Å². The van der Waals surface area contributed by atoms with Crippen molar-refractivity contribution in [3.63, 3.8) is 0 Å². The van der Waals surface area contributed by atoms with Gasteiger partial charge in [0.2, 0.25) is 0 Å². The van der Waals surface area contributed by atoms with Gasteiger partial charge in [0.25, 0.3) is 0 Å². The summed E-state index contributed by atoms with van der Waals surface area (Å²) in [6.45, 7) is 0. The van der Waals surface area contributed by atoms with Crippen LogP contribution < -0.4 is 0 Å². The van der Waals surface area contributed by atoms with Gasteiger partial charge in [0.1, 0.15) is 34.2 Å². The Morgan fingerprint density at radius 3 is 0.683 bits per heavy atom. The quantitative estimate of drug-likeness (QED) is 0.146. The van der Waals surface area contributed by atoms with E-state index in [9.17, 15) is 0 Å². The van der Waals surface area contributed by atoms with Crippen LogP contribution in [0.4, 0.5) is 13.2 Å². The van der Waals surface area contributed by atoms with Gasteiger partial charge in [-0.1, -0.05) is 182 Å². The maximum absolute atomic E-state index is 17.0. The predicted molar refractivity (Wildman–Crippen MR) is 230 cm³/mol. The van der Waals surface area contributed by atoms with Gasteiger partial charge in [-0.2, -0.15) is 15.3 Å². The van der Waals surface area contributed by atoms with Crippen LogP contribution in [0.5, 0.6) is 0 Å². The summed E-state index contributed by atoms with van der Waals surface area (Å²) < 4.78 is 55.7. The molecule has 9 heteroatoms. The highest BCUT2D eigenvalue weighted by Crippen LogP contribution is 2.39. The summed E-state index contributed by atoms with van der Waals surface area (Å²) in [5.41, 5.74) is 5.75. The Kier molecular flexibility index (Phi) is 9.30. The van der Waals surface area contributed by atoms with Crippen LogP contribution in [0.15, 0.2) is 200 Å². The second-order valence-corrected chi connectivity index (χ2v) is 14.2. The van der Waals surface area contributed by atoms with E-state index in [2.05, 4.69) is 0 Å². The Bertz CT molecular complexity index is 2740. The second-order valence-electron chi connectivity index (χ2n) is 14.2. The molecule has 0 aliphatic heterocycles. The molecule has 0 unspecified atom stereocenters. The van der Waals surface area contributed by atoms with Crippen molar-refractivity contribution in [2.24, 2.45) is 0 Å². The number of benzene rings is 7. The topological polar surface area (TPSA) is 53.5 Å². The van der Waals surface area contributed by atoms with Gasteiger partial charge in [0.15, 0.2) is 17.5 Å². The van der Waals surface area contributed by atoms with Crippen LogP contribution in [0.25, 0.3) is 84.6 Å². The SMILES string of the molecule is Fc1c(-c2ccccc2)nn(-c2cc(-n3nc(-c4ccccc4)c(F)c3-c3ccccc3)cc(-n3nc(-c4ccccc4)c(F)c3-c3ccccc3)c2)c1-c1ccccc1. The van der Waals surface area contributed by atoms with Crippen molar-refractivity contribution in [2.45, 2.75) is 0 Å². The van der Waals surface area contributed by atoms with E-state index in [0.29, 0.717) is 50.4 Å². The summed E-state index contributed by atoms with van der Waals surface area (Å²) in [5.74, 6) is -1.58. The number of nitrogens with zero attached hydrogens (tertiary/aromatic N) is 6. The Balaban J connectivity index is 1.30. The highest BCUT2D eigenvalue weighted by atomic mass is 19.1. The molecule has 10 aromatic rings. The molecular weight excluding hydrogens is 754 g/mol. The number of rotatable bonds is 9. The van der Waals surface area contributed by atoms with Crippen LogP contribution in [0.1, 0.15) is 0 Å². The molecule has 7 aromatic carbocycles. The van der Waals surface area contributed by atoms with Crippen LogP contribution in [-0.4, -0.2) is 29.3 Å². The minimum Gasteiger partial charge on any atom is -0.229 e. The largest absolute Gasteiger partial charge is 0.229 e. The van der Waals surface area contributed by atoms with Crippen molar-refractivity contribution >= 4 is 0 Å². The average molecular weight is 787 g/mol. The summed E-state index contributed by atoms with van der Waals surface area (Å²) in [6, 6.07) is 60.3. The molecule has 0 atom stereocenters. The maximum Gasteiger partial charge on any atom is 0.177 e. The molecule has 60 heavy (non-hydrogen) atoms. The molecule has 0 spiro atoms. The highest BCUT2D eigenvalue weighted by Gasteiger charge is 2.28. The van der Waals surface area contributed by atoms with Crippen molar-refractivity contribution in [1.82, 2.24) is 29.3 Å². The van der Waals surface area contributed by atoms with Gasteiger partial charge >= 0.3 is 0 Å². The molecule has 3 aromatic heterocycles. The number of aromatic nitrogens is 6. The third-order valence-electron chi connectivity index (χ3n) is 10.4. The molecule has 0 amide bonds. The molecule has 3 heterocycles. The van der Waals surface area contributed by atoms with Crippen molar-refractivity contribution in [3.8, 4) is 84.6 Å². The summed E-state index contributed by atoms with van der Waals surface area (Å²) >= 11 is 0. The summed E-state index contributed by atoms with van der Waals surface area (Å²) in [5, 5.41) is 14.8. The van der Waals surface area contributed by atoms with Crippen LogP contribution in [0.2, 0.25) is 0 Å². The minimum atomic E-state index is -0.526. The first-order valence-corrected chi connectivity index (χ1v) is 19.4. The zero-order valence-electron chi connectivity index (χ0n) is 31.9. The van der Waals surface area contributed by atoms with E-state index in [1.54, 1.807) is 68.6 Å². The monoisotopic (exact) mass is 786 g/mol. The fourth-order valence-corrected chi connectivity index (χ4v) is 7.58. The lowest BCUT2D eigenvalue weighted by Crippen LogP contribution is -2.08. The standard InChI is InChI=1S/C51H33F3N6/c52-43-46(34-19-7-1-8-20-34)55-58(49(43)37-25-13-4-14-26-37)40-31-41(59-50(38-27-15-5-16-28-38)44(53)47(56-59)35-21-9-2-10-22-35)33-42(32-40)60-51(39-29-17-6-18-30-39)45(54)48(57-60)36-23-11-3-12-24-36/h1-33H. The third kappa shape index (κ3) is 6.48. The number of hydrogen-bond acceptors (Lipinski definition) is 3. The van der Waals surface area contributed by atoms with Gasteiger partial charge in [-0.15, -0.1) is 0 Å². The zero-order chi connectivity index (χ0) is 40.6. The normalized spacial score (nSPS) is 11.2. The van der Waals surface area contributed by atoms with Gasteiger partial charge in [-0.3, -0.25) is 0 Å². The first kappa shape index (κ1) is 36.3. The van der Waals surface area contributed by atoms with Crippen molar-refractivity contribution in [1.29, 1.82) is 0 Å². The first-order chi connectivity index (χ1) is 29.5. The van der Waals surface area contributed by atoms with Crippen LogP contribution >= 0.6 is 0 Å². The Hall–Kier alpha value is -8.04. The molecular formula is C51H33F3N6. The molecule has 0 aliphatic carbocycles. The molecule has 0 saturated heterocycles. The second kappa shape index (κ2) is 15.4. The molecule has 288 valence electrons. The fourth-order valence-electron chi connectivity index (χ4n) is 7.58. The fraction of sp³-hybridized carbons (Fsp3) is 0. The van der Waals surface area contributed by atoms with Crippen LogP contribution in [0, 0.1) is 17.5 Å². The van der Waals surface area contributed by atoms with E-state index < -0.39 is 17.5 Å². The summed E-state index contributed by atoms with van der Waals surface area (Å²) in [6.07, 6.45) is 0. The molecule has 0 radical (unpaired) electrons. The van der Waals surface area contributed by atoms with Gasteiger partial charge < -0.3 is 0 Å². The maximum atomic E-state index is 17.0. The molecule has 6 nitrogen and oxygen atoms in total. The van der Waals surface area contributed by atoms with Crippen LogP contribution in [-0.2, 0) is 0 Å². The molecule has 0 aliphatic rings. The lowest BCUT2D eigenvalue weighted by Gasteiger charge is -2.16. The van der Waals surface area contributed by atoms with E-state index >= 15 is 13.2 Å². The van der Waals surface area contributed by atoms with Gasteiger partial charge in [-0.05, 0) is 18.2 Å². The lowest BCUT2D eigenvalue weighted by atomic mass is 10.1. The van der Waals surface area contributed by atoms with Crippen LogP contribution in [0.3, 0.4) is 0 Å². The van der Waals surface area contributed by atoms with E-state index in [-0.39, 0.29) is 34.2 Å². The van der Waals surface area contributed by atoms with E-state index in [0.717, 1.165) is 0 Å². The summed E-state index contributed by atoms with van der Waals surface area (Å²) in [4.78, 5) is 0. The molecule has 0 fully saturated rings. The zero-order valence-corrected chi connectivity index (χ0v) is 31.9. The third-order valence-corrected chi connectivity index (χ3v) is 10.4. The molecule has 0 saturated carbocycles. The van der Waals surface area contributed by atoms with Gasteiger partial charge in [-0.25, -0.2) is 27.2 Å². The minimum absolute atomic E-state index is 0.143. The average Bonchev–Trinajstić information content (AvgIpc) is 3.98. The number of halogens is 3. The highest BCUT2D eigenvalue weighted by molar-refractivity contribution is 5.76. The summed E-state index contributed by atoms with van der Waals surface area (Å²) in [7, 11) is 0. The van der Waals surface area contributed by atoms with Gasteiger partial charge in [0.05, 0.1) is 17.1 Å². The predicted octanol–water partition coefficient (Wildman–Crippen LogP) is 12.7. The Morgan fingerprint density at radius 1 is 0.267 bits per heavy atom. The van der Waals surface area contributed by atoms with Crippen molar-refractivity contribution < 1.29 is 13.2 Å². The van der Waals surface area contributed by atoms with E-state index in [4.69, 9.17) is 15.3 Å². The lowest BCUT2D eigenvalue weighted by molar-refractivity contribution is 0.634. The Labute approximate surface area is 343 Å². The van der Waals surface area contributed by atoms with Crippen molar-refractivity contribution in [2.75, 3.05) is 0 Å². The smallest absolute Gasteiger partial charge is 0.177 e. The Morgan fingerprint density at radius 2 is 0.467 bits per heavy atom. The molecule has 0 bridgehead atoms. The molecule has 0 N–H and O–H groups in total. The first-order valence-electron chi connectivity index (χ1n) is 19.4. The van der Waals surface area contributed by atoms with E-state index in [1.807, 2.05) is 146 Å². The van der Waals surface area contributed by atoms with Crippen molar-refractivity contribution in [3.05, 3.63) is 218 Å².